The maximum absolute atomic E-state index is 4.34. The Morgan fingerprint density at radius 2 is 1.78 bits per heavy atom. The minimum Gasteiger partial charge on any atom is -0.369 e. The number of H-pyrrole nitrogens is 1. The summed E-state index contributed by atoms with van der Waals surface area (Å²) >= 11 is 0. The topological polar surface area (TPSA) is 60.1 Å². The summed E-state index contributed by atoms with van der Waals surface area (Å²) in [5, 5.41) is 4.37. The second kappa shape index (κ2) is 5.89. The molecule has 0 saturated carbocycles. The van der Waals surface area contributed by atoms with Crippen LogP contribution in [0.2, 0.25) is 0 Å². The van der Waals surface area contributed by atoms with Crippen LogP contribution < -0.4 is 10.2 Å². The van der Waals surface area contributed by atoms with E-state index in [0.29, 0.717) is 0 Å². The Hall–Kier alpha value is -2.60. The second-order valence-corrected chi connectivity index (χ2v) is 5.92. The molecular formula is C17H20N6. The molecule has 2 N–H and O–H groups in total. The fourth-order valence-corrected chi connectivity index (χ4v) is 2.93. The molecule has 23 heavy (non-hydrogen) atoms. The summed E-state index contributed by atoms with van der Waals surface area (Å²) in [4.78, 5) is 16.4. The molecule has 6 nitrogen and oxygen atoms in total. The van der Waals surface area contributed by atoms with E-state index in [9.17, 15) is 0 Å². The van der Waals surface area contributed by atoms with Gasteiger partial charge in [-0.15, -0.1) is 0 Å². The van der Waals surface area contributed by atoms with Gasteiger partial charge >= 0.3 is 0 Å². The van der Waals surface area contributed by atoms with Gasteiger partial charge in [0.1, 0.15) is 17.8 Å². The molecule has 1 aromatic carbocycles. The van der Waals surface area contributed by atoms with Crippen molar-refractivity contribution in [1.29, 1.82) is 0 Å². The second-order valence-electron chi connectivity index (χ2n) is 5.92. The molecule has 0 radical (unpaired) electrons. The van der Waals surface area contributed by atoms with Gasteiger partial charge in [-0.2, -0.15) is 0 Å². The Morgan fingerprint density at radius 3 is 2.57 bits per heavy atom. The Labute approximate surface area is 135 Å². The Bertz CT molecular complexity index is 786. The van der Waals surface area contributed by atoms with Crippen molar-refractivity contribution < 1.29 is 0 Å². The van der Waals surface area contributed by atoms with Gasteiger partial charge in [0.2, 0.25) is 0 Å². The number of hydrogen-bond donors (Lipinski definition) is 2. The molecule has 1 fully saturated rings. The van der Waals surface area contributed by atoms with E-state index in [1.165, 1.54) is 5.69 Å². The molecule has 0 spiro atoms. The van der Waals surface area contributed by atoms with Crippen LogP contribution >= 0.6 is 0 Å². The summed E-state index contributed by atoms with van der Waals surface area (Å²) in [6.45, 7) is 4.40. The van der Waals surface area contributed by atoms with E-state index in [0.717, 1.165) is 48.7 Å². The van der Waals surface area contributed by atoms with Crippen LogP contribution in [0.15, 0.2) is 42.9 Å². The Kier molecular flexibility index (Phi) is 3.59. The first kappa shape index (κ1) is 14.0. The molecule has 3 heterocycles. The maximum Gasteiger partial charge on any atom is 0.143 e. The molecule has 1 aliphatic rings. The number of anilines is 3. The van der Waals surface area contributed by atoms with Gasteiger partial charge in [0, 0.05) is 43.8 Å². The highest BCUT2D eigenvalue weighted by molar-refractivity contribution is 5.88. The van der Waals surface area contributed by atoms with Gasteiger partial charge in [0.25, 0.3) is 0 Å². The van der Waals surface area contributed by atoms with Crippen molar-refractivity contribution in [3.8, 4) is 0 Å². The molecule has 0 bridgehead atoms. The van der Waals surface area contributed by atoms with E-state index in [2.05, 4.69) is 61.4 Å². The molecule has 0 unspecified atom stereocenters. The van der Waals surface area contributed by atoms with Gasteiger partial charge in [-0.1, -0.05) is 0 Å². The molecule has 4 rings (SSSR count). The van der Waals surface area contributed by atoms with Crippen LogP contribution in [0, 0.1) is 0 Å². The SMILES string of the molecule is CN1CCN(c2ccc(Nc3ncnc4[nH]ccc34)cc2)CC1. The number of likely N-dealkylation sites (N-methyl/N-ethyl adjacent to an activating group) is 1. The molecule has 1 aliphatic heterocycles. The molecule has 0 amide bonds. The average molecular weight is 308 g/mol. The number of nitrogens with one attached hydrogen (secondary N) is 2. The summed E-state index contributed by atoms with van der Waals surface area (Å²) in [6, 6.07) is 10.5. The number of nitrogens with zero attached hydrogens (tertiary/aromatic N) is 4. The lowest BCUT2D eigenvalue weighted by atomic mass is 10.2. The summed E-state index contributed by atoms with van der Waals surface area (Å²) in [5.74, 6) is 0.823. The largest absolute Gasteiger partial charge is 0.369 e. The summed E-state index contributed by atoms with van der Waals surface area (Å²) in [7, 11) is 2.17. The zero-order chi connectivity index (χ0) is 15.6. The van der Waals surface area contributed by atoms with Crippen molar-refractivity contribution in [3.05, 3.63) is 42.9 Å². The quantitative estimate of drug-likeness (QED) is 0.778. The predicted molar refractivity (Wildman–Crippen MR) is 93.3 cm³/mol. The highest BCUT2D eigenvalue weighted by Gasteiger charge is 2.14. The number of aromatic nitrogens is 3. The number of piperazine rings is 1. The summed E-state index contributed by atoms with van der Waals surface area (Å²) in [5.41, 5.74) is 3.15. The maximum atomic E-state index is 4.34. The standard InChI is InChI=1S/C17H20N6/c1-22-8-10-23(11-9-22)14-4-2-13(3-5-14)21-17-15-6-7-18-16(15)19-12-20-17/h2-7,12H,8-11H2,1H3,(H2,18,19,20,21). The molecule has 1 saturated heterocycles. The molecule has 3 aromatic rings. The number of aromatic amines is 1. The minimum absolute atomic E-state index is 0.823. The van der Waals surface area contributed by atoms with Gasteiger partial charge in [-0.05, 0) is 37.4 Å². The Morgan fingerprint density at radius 1 is 1.00 bits per heavy atom. The fourth-order valence-electron chi connectivity index (χ4n) is 2.93. The van der Waals surface area contributed by atoms with Crippen LogP contribution in [-0.2, 0) is 0 Å². The van der Waals surface area contributed by atoms with E-state index < -0.39 is 0 Å². The van der Waals surface area contributed by atoms with E-state index in [-0.39, 0.29) is 0 Å². The number of hydrogen-bond acceptors (Lipinski definition) is 5. The molecule has 6 heteroatoms. The van der Waals surface area contributed by atoms with Gasteiger partial charge in [0.05, 0.1) is 5.39 Å². The molecular weight excluding hydrogens is 288 g/mol. The normalized spacial score (nSPS) is 16.0. The highest BCUT2D eigenvalue weighted by atomic mass is 15.2. The van der Waals surface area contributed by atoms with E-state index in [4.69, 9.17) is 0 Å². The van der Waals surface area contributed by atoms with Gasteiger partial charge in [-0.3, -0.25) is 0 Å². The predicted octanol–water partition coefficient (Wildman–Crippen LogP) is 2.45. The molecule has 118 valence electrons. The average Bonchev–Trinajstić information content (AvgIpc) is 3.06. The first-order chi connectivity index (χ1) is 11.3. The third-order valence-corrected chi connectivity index (χ3v) is 4.35. The van der Waals surface area contributed by atoms with Crippen molar-refractivity contribution in [1.82, 2.24) is 19.9 Å². The van der Waals surface area contributed by atoms with Crippen molar-refractivity contribution in [2.75, 3.05) is 43.4 Å². The zero-order valence-electron chi connectivity index (χ0n) is 13.2. The van der Waals surface area contributed by atoms with E-state index in [1.807, 2.05) is 12.3 Å². The van der Waals surface area contributed by atoms with Crippen molar-refractivity contribution >= 4 is 28.2 Å². The monoisotopic (exact) mass is 308 g/mol. The summed E-state index contributed by atoms with van der Waals surface area (Å²) < 4.78 is 0. The first-order valence-electron chi connectivity index (χ1n) is 7.88. The van der Waals surface area contributed by atoms with E-state index >= 15 is 0 Å². The van der Waals surface area contributed by atoms with Crippen LogP contribution in [0.1, 0.15) is 0 Å². The van der Waals surface area contributed by atoms with Gasteiger partial charge in [-0.25, -0.2) is 9.97 Å². The van der Waals surface area contributed by atoms with Crippen LogP contribution in [0.4, 0.5) is 17.2 Å². The number of fused-ring (bicyclic) bond motifs is 1. The van der Waals surface area contributed by atoms with Crippen LogP contribution in [0.5, 0.6) is 0 Å². The lowest BCUT2D eigenvalue weighted by Crippen LogP contribution is -2.44. The van der Waals surface area contributed by atoms with Crippen LogP contribution in [0.3, 0.4) is 0 Å². The third kappa shape index (κ3) is 2.85. The van der Waals surface area contributed by atoms with Gasteiger partial charge in [0.15, 0.2) is 0 Å². The van der Waals surface area contributed by atoms with Crippen LogP contribution in [0.25, 0.3) is 11.0 Å². The lowest BCUT2D eigenvalue weighted by molar-refractivity contribution is 0.313. The molecule has 0 atom stereocenters. The lowest BCUT2D eigenvalue weighted by Gasteiger charge is -2.34. The Balaban J connectivity index is 1.51. The highest BCUT2D eigenvalue weighted by Crippen LogP contribution is 2.24. The molecule has 0 aliphatic carbocycles. The third-order valence-electron chi connectivity index (χ3n) is 4.35. The van der Waals surface area contributed by atoms with E-state index in [1.54, 1.807) is 6.33 Å². The zero-order valence-corrected chi connectivity index (χ0v) is 13.2. The van der Waals surface area contributed by atoms with Crippen molar-refractivity contribution in [2.45, 2.75) is 0 Å². The summed E-state index contributed by atoms with van der Waals surface area (Å²) in [6.07, 6.45) is 3.45. The van der Waals surface area contributed by atoms with Gasteiger partial charge < -0.3 is 20.1 Å². The minimum atomic E-state index is 0.823. The first-order valence-corrected chi connectivity index (χ1v) is 7.88. The van der Waals surface area contributed by atoms with Crippen molar-refractivity contribution in [3.63, 3.8) is 0 Å². The van der Waals surface area contributed by atoms with Crippen molar-refractivity contribution in [2.24, 2.45) is 0 Å². The smallest absolute Gasteiger partial charge is 0.143 e. The number of rotatable bonds is 3. The molecule has 2 aromatic heterocycles. The number of benzene rings is 1. The van der Waals surface area contributed by atoms with Crippen LogP contribution in [-0.4, -0.2) is 53.1 Å². The fraction of sp³-hybridized carbons (Fsp3) is 0.294.